The highest BCUT2D eigenvalue weighted by atomic mass is 19.4. The zero-order valence-electron chi connectivity index (χ0n) is 17.4. The van der Waals surface area contributed by atoms with E-state index < -0.39 is 34.2 Å². The van der Waals surface area contributed by atoms with Crippen LogP contribution in [0.5, 0.6) is 0 Å². The lowest BCUT2D eigenvalue weighted by atomic mass is 9.81. The van der Waals surface area contributed by atoms with Crippen LogP contribution in [0.3, 0.4) is 0 Å². The van der Waals surface area contributed by atoms with E-state index in [2.05, 4.69) is 5.32 Å². The molecule has 1 heterocycles. The average Bonchev–Trinajstić information content (AvgIpc) is 2.73. The highest BCUT2D eigenvalue weighted by Crippen LogP contribution is 2.44. The summed E-state index contributed by atoms with van der Waals surface area (Å²) in [6.07, 6.45) is -4.69. The van der Waals surface area contributed by atoms with E-state index in [9.17, 15) is 28.1 Å². The Hall–Kier alpha value is -3.62. The zero-order chi connectivity index (χ0) is 23.5. The molecule has 0 aliphatic carbocycles. The molecule has 6 nitrogen and oxygen atoms in total. The molecule has 0 saturated carbocycles. The Morgan fingerprint density at radius 1 is 1.12 bits per heavy atom. The van der Waals surface area contributed by atoms with Crippen molar-refractivity contribution in [1.82, 2.24) is 5.32 Å². The Morgan fingerprint density at radius 3 is 2.34 bits per heavy atom. The van der Waals surface area contributed by atoms with Crippen molar-refractivity contribution < 1.29 is 27.6 Å². The molecule has 2 aromatic rings. The lowest BCUT2D eigenvalue weighted by molar-refractivity contribution is -0.431. The van der Waals surface area contributed by atoms with Gasteiger partial charge in [-0.3, -0.25) is 10.1 Å². The molecule has 0 radical (unpaired) electrons. The van der Waals surface area contributed by atoms with Gasteiger partial charge in [-0.1, -0.05) is 48.5 Å². The maximum atomic E-state index is 13.8. The van der Waals surface area contributed by atoms with Crippen LogP contribution in [0, 0.1) is 10.1 Å². The van der Waals surface area contributed by atoms with Crippen molar-refractivity contribution in [3.63, 3.8) is 0 Å². The average molecular weight is 446 g/mol. The minimum absolute atomic E-state index is 0.0301. The third-order valence-corrected chi connectivity index (χ3v) is 5.11. The second kappa shape index (κ2) is 9.25. The van der Waals surface area contributed by atoms with Crippen LogP contribution in [0.25, 0.3) is 0 Å². The molecule has 168 valence electrons. The molecule has 0 saturated heterocycles. The van der Waals surface area contributed by atoms with Crippen LogP contribution >= 0.6 is 0 Å². The topological polar surface area (TPSA) is 81.5 Å². The van der Waals surface area contributed by atoms with Crippen molar-refractivity contribution in [3.05, 3.63) is 104 Å². The number of rotatable bonds is 6. The predicted octanol–water partition coefficient (Wildman–Crippen LogP) is 4.96. The maximum absolute atomic E-state index is 13.8. The first kappa shape index (κ1) is 23.1. The highest BCUT2D eigenvalue weighted by molar-refractivity contribution is 5.92. The summed E-state index contributed by atoms with van der Waals surface area (Å²) in [5.41, 5.74) is -1.09. The van der Waals surface area contributed by atoms with Gasteiger partial charge >= 0.3 is 12.1 Å². The zero-order valence-corrected chi connectivity index (χ0v) is 17.4. The molecule has 0 fully saturated rings. The molecule has 3 rings (SSSR count). The number of hydrogen-bond donors (Lipinski definition) is 1. The molecule has 1 unspecified atom stereocenters. The van der Waals surface area contributed by atoms with E-state index in [-0.39, 0.29) is 35.6 Å². The first-order valence-corrected chi connectivity index (χ1v) is 9.87. The van der Waals surface area contributed by atoms with Gasteiger partial charge in [0.1, 0.15) is 5.92 Å². The third kappa shape index (κ3) is 4.66. The number of esters is 1. The van der Waals surface area contributed by atoms with Crippen LogP contribution in [0.15, 0.2) is 77.3 Å². The van der Waals surface area contributed by atoms with E-state index in [4.69, 9.17) is 4.74 Å². The minimum Gasteiger partial charge on any atom is -0.463 e. The minimum atomic E-state index is -4.77. The number of nitrogens with zero attached hydrogens (tertiary/aromatic N) is 1. The molecule has 0 bridgehead atoms. The van der Waals surface area contributed by atoms with Crippen LogP contribution < -0.4 is 5.32 Å². The van der Waals surface area contributed by atoms with Gasteiger partial charge in [-0.2, -0.15) is 13.2 Å². The molecule has 0 aromatic heterocycles. The summed E-state index contributed by atoms with van der Waals surface area (Å²) in [4.78, 5) is 24.2. The fraction of sp³-hybridized carbons (Fsp3) is 0.261. The number of dihydropyridines is 1. The summed E-state index contributed by atoms with van der Waals surface area (Å²) in [6.45, 7) is 3.02. The number of carbonyl (C=O) groups excluding carboxylic acids is 1. The smallest absolute Gasteiger partial charge is 0.416 e. The second-order valence-electron chi connectivity index (χ2n) is 7.19. The highest BCUT2D eigenvalue weighted by Gasteiger charge is 2.46. The first-order chi connectivity index (χ1) is 15.1. The molecule has 2 aromatic carbocycles. The van der Waals surface area contributed by atoms with Crippen LogP contribution in [0.2, 0.25) is 0 Å². The van der Waals surface area contributed by atoms with Crippen LogP contribution in [0.4, 0.5) is 13.2 Å². The number of benzene rings is 2. The number of allylic oxidation sites excluding steroid dienone is 3. The Labute approximate surface area is 182 Å². The number of carbonyl (C=O) groups is 1. The lowest BCUT2D eigenvalue weighted by Crippen LogP contribution is -2.34. The summed E-state index contributed by atoms with van der Waals surface area (Å²) in [5, 5.41) is 15.1. The molecule has 9 heteroatoms. The van der Waals surface area contributed by atoms with Crippen molar-refractivity contribution in [3.8, 4) is 0 Å². The van der Waals surface area contributed by atoms with Gasteiger partial charge < -0.3 is 10.1 Å². The summed E-state index contributed by atoms with van der Waals surface area (Å²) in [6, 6.07) is 13.4. The molecule has 0 amide bonds. The molecule has 1 N–H and O–H groups in total. The number of nitro groups is 1. The summed E-state index contributed by atoms with van der Waals surface area (Å²) in [5.74, 6) is -2.46. The van der Waals surface area contributed by atoms with E-state index in [1.807, 2.05) is 0 Å². The van der Waals surface area contributed by atoms with Gasteiger partial charge in [0.05, 0.1) is 28.4 Å². The van der Waals surface area contributed by atoms with E-state index >= 15 is 0 Å². The Balaban J connectivity index is 2.28. The molecule has 32 heavy (non-hydrogen) atoms. The number of halogens is 3. The van der Waals surface area contributed by atoms with Crippen molar-refractivity contribution in [2.24, 2.45) is 0 Å². The van der Waals surface area contributed by atoms with Crippen LogP contribution in [-0.2, 0) is 22.1 Å². The van der Waals surface area contributed by atoms with Crippen molar-refractivity contribution >= 4 is 5.97 Å². The van der Waals surface area contributed by atoms with Gasteiger partial charge in [-0.05, 0) is 31.0 Å². The van der Waals surface area contributed by atoms with E-state index in [0.717, 1.165) is 17.7 Å². The predicted molar refractivity (Wildman–Crippen MR) is 111 cm³/mol. The normalized spacial score (nSPS) is 16.6. The van der Waals surface area contributed by atoms with Gasteiger partial charge in [0.15, 0.2) is 0 Å². The largest absolute Gasteiger partial charge is 0.463 e. The van der Waals surface area contributed by atoms with Gasteiger partial charge in [0.25, 0.3) is 5.70 Å². The fourth-order valence-corrected chi connectivity index (χ4v) is 3.82. The Morgan fingerprint density at radius 2 is 1.75 bits per heavy atom. The SMILES string of the molecule is CCOC(=O)C1=C(C)NC(Cc2ccccc2)=C([N+](=O)[O-])C1c1ccccc1C(F)(F)F. The van der Waals surface area contributed by atoms with Gasteiger partial charge in [-0.15, -0.1) is 0 Å². The number of nitrogens with one attached hydrogen (secondary N) is 1. The van der Waals surface area contributed by atoms with E-state index in [1.165, 1.54) is 19.1 Å². The van der Waals surface area contributed by atoms with Crippen molar-refractivity contribution in [2.45, 2.75) is 32.4 Å². The maximum Gasteiger partial charge on any atom is 0.416 e. The van der Waals surface area contributed by atoms with E-state index in [0.29, 0.717) is 0 Å². The molecular formula is C23H21F3N2O4. The van der Waals surface area contributed by atoms with Gasteiger partial charge in [0.2, 0.25) is 0 Å². The second-order valence-corrected chi connectivity index (χ2v) is 7.19. The van der Waals surface area contributed by atoms with Crippen LogP contribution in [0.1, 0.15) is 36.5 Å². The lowest BCUT2D eigenvalue weighted by Gasteiger charge is -2.29. The quantitative estimate of drug-likeness (QED) is 0.385. The number of ether oxygens (including phenoxy) is 1. The third-order valence-electron chi connectivity index (χ3n) is 5.11. The number of hydrogen-bond acceptors (Lipinski definition) is 5. The van der Waals surface area contributed by atoms with Crippen LogP contribution in [-0.4, -0.2) is 17.5 Å². The molecule has 1 aliphatic rings. The first-order valence-electron chi connectivity index (χ1n) is 9.87. The summed E-state index contributed by atoms with van der Waals surface area (Å²) >= 11 is 0. The van der Waals surface area contributed by atoms with Gasteiger partial charge in [0, 0.05) is 12.1 Å². The summed E-state index contributed by atoms with van der Waals surface area (Å²) in [7, 11) is 0. The van der Waals surface area contributed by atoms with Gasteiger partial charge in [-0.25, -0.2) is 4.79 Å². The molecular weight excluding hydrogens is 425 g/mol. The molecule has 1 atom stereocenters. The van der Waals surface area contributed by atoms with Crippen molar-refractivity contribution in [2.75, 3.05) is 6.61 Å². The molecule has 1 aliphatic heterocycles. The van der Waals surface area contributed by atoms with E-state index in [1.54, 1.807) is 37.3 Å². The number of alkyl halides is 3. The van der Waals surface area contributed by atoms with Crippen molar-refractivity contribution in [1.29, 1.82) is 0 Å². The molecule has 0 spiro atoms. The Bertz CT molecular complexity index is 1090. The standard InChI is InChI=1S/C23H21F3N2O4/c1-3-32-22(29)19-14(2)27-18(13-15-9-5-4-6-10-15)21(28(30)31)20(19)16-11-7-8-12-17(16)23(24,25)26/h4-12,20,27H,3,13H2,1-2H3. The monoisotopic (exact) mass is 446 g/mol. The summed E-state index contributed by atoms with van der Waals surface area (Å²) < 4.78 is 46.5. The Kier molecular flexibility index (Phi) is 6.67. The fourth-order valence-electron chi connectivity index (χ4n) is 3.82.